The lowest BCUT2D eigenvalue weighted by Gasteiger charge is -2.48. The van der Waals surface area contributed by atoms with E-state index in [1.165, 1.54) is 22.7 Å². The van der Waals surface area contributed by atoms with Crippen LogP contribution in [-0.2, 0) is 32.4 Å². The summed E-state index contributed by atoms with van der Waals surface area (Å²) >= 11 is 2.49. The summed E-state index contributed by atoms with van der Waals surface area (Å²) in [6, 6.07) is 6.52. The summed E-state index contributed by atoms with van der Waals surface area (Å²) in [4.78, 5) is 47.5. The third-order valence-corrected chi connectivity index (χ3v) is 6.83. The van der Waals surface area contributed by atoms with E-state index in [0.717, 1.165) is 22.5 Å². The molecule has 1 saturated heterocycles. The number of halogens is 2. The van der Waals surface area contributed by atoms with Crippen molar-refractivity contribution in [2.24, 2.45) is 10.9 Å². The number of aromatic nitrogens is 1. The first kappa shape index (κ1) is 28.4. The van der Waals surface area contributed by atoms with Crippen LogP contribution in [0.3, 0.4) is 0 Å². The van der Waals surface area contributed by atoms with Gasteiger partial charge in [0.15, 0.2) is 10.8 Å². The molecule has 4 rings (SSSR count). The number of thiazole rings is 1. The zero-order valence-corrected chi connectivity index (χ0v) is 21.2. The molecule has 2 unspecified atom stereocenters. The summed E-state index contributed by atoms with van der Waals surface area (Å²) in [5, 5.41) is 17.2. The number of anilines is 1. The molecule has 0 spiro atoms. The number of oxime groups is 1. The highest BCUT2D eigenvalue weighted by Gasteiger charge is 2.53. The molecule has 0 aliphatic carbocycles. The Balaban J connectivity index is 0.00000216. The van der Waals surface area contributed by atoms with Crippen LogP contribution in [0.5, 0.6) is 0 Å². The van der Waals surface area contributed by atoms with Crippen LogP contribution in [0.4, 0.5) is 5.13 Å². The number of hydrogen-bond donors (Lipinski definition) is 4. The van der Waals surface area contributed by atoms with E-state index in [4.69, 9.17) is 16.3 Å². The first-order valence-electron chi connectivity index (χ1n) is 9.77. The molecule has 1 aromatic carbocycles. The van der Waals surface area contributed by atoms with Gasteiger partial charge in [0.1, 0.15) is 29.4 Å². The third-order valence-electron chi connectivity index (χ3n) is 4.98. The molecular weight excluding hydrogens is 539 g/mol. The SMILES string of the molecule is Cl.Cl.NCc1ccc(CO/N=C(/C(=O)NC2C(=O)N3C(C(=O)O)=CCSC23)c2csc(N)n2)cc1. The van der Waals surface area contributed by atoms with Crippen LogP contribution in [-0.4, -0.2) is 55.7 Å². The van der Waals surface area contributed by atoms with Crippen LogP contribution in [0.1, 0.15) is 16.8 Å². The highest BCUT2D eigenvalue weighted by molar-refractivity contribution is 8.00. The lowest BCUT2D eigenvalue weighted by atomic mass is 10.0. The maximum atomic E-state index is 13.0. The lowest BCUT2D eigenvalue weighted by molar-refractivity contribution is -0.150. The number of thioether (sulfide) groups is 1. The van der Waals surface area contributed by atoms with E-state index in [2.05, 4.69) is 15.5 Å². The number of nitrogens with one attached hydrogen (secondary N) is 1. The van der Waals surface area contributed by atoms with Crippen molar-refractivity contribution in [2.75, 3.05) is 11.5 Å². The monoisotopic (exact) mass is 560 g/mol. The van der Waals surface area contributed by atoms with Crippen LogP contribution < -0.4 is 16.8 Å². The Kier molecular flexibility index (Phi) is 9.92. The number of carbonyl (C=O) groups excluding carboxylic acids is 2. The average Bonchev–Trinajstić information content (AvgIpc) is 3.25. The van der Waals surface area contributed by atoms with Crippen molar-refractivity contribution in [1.82, 2.24) is 15.2 Å². The molecule has 0 bridgehead atoms. The predicted octanol–water partition coefficient (Wildman–Crippen LogP) is 1.32. The number of hydrogen-bond acceptors (Lipinski definition) is 10. The molecule has 15 heteroatoms. The molecule has 2 aromatic rings. The number of aliphatic carboxylic acids is 1. The van der Waals surface area contributed by atoms with Gasteiger partial charge in [0.2, 0.25) is 0 Å². The molecule has 1 fully saturated rings. The molecule has 6 N–H and O–H groups in total. The topological polar surface area (TPSA) is 173 Å². The zero-order chi connectivity index (χ0) is 23.5. The van der Waals surface area contributed by atoms with E-state index in [0.29, 0.717) is 12.3 Å². The molecule has 11 nitrogen and oxygen atoms in total. The highest BCUT2D eigenvalue weighted by Crippen LogP contribution is 2.37. The fraction of sp³-hybridized carbons (Fsp3) is 0.250. The molecule has 0 saturated carbocycles. The minimum absolute atomic E-state index is 0. The first-order chi connectivity index (χ1) is 15.9. The van der Waals surface area contributed by atoms with E-state index >= 15 is 0 Å². The maximum absolute atomic E-state index is 13.0. The Hall–Kier alpha value is -2.84. The van der Waals surface area contributed by atoms with Crippen molar-refractivity contribution < 1.29 is 24.3 Å². The molecule has 3 heterocycles. The number of nitrogens with two attached hydrogens (primary N) is 2. The van der Waals surface area contributed by atoms with Gasteiger partial charge in [-0.05, 0) is 17.2 Å². The van der Waals surface area contributed by atoms with Crippen LogP contribution in [0.15, 0.2) is 46.6 Å². The Morgan fingerprint density at radius 1 is 1.26 bits per heavy atom. The number of carbonyl (C=O) groups is 3. The fourth-order valence-corrected chi connectivity index (χ4v) is 5.03. The number of nitrogen functional groups attached to an aromatic ring is 1. The summed E-state index contributed by atoms with van der Waals surface area (Å²) in [7, 11) is 0. The van der Waals surface area contributed by atoms with E-state index < -0.39 is 29.2 Å². The largest absolute Gasteiger partial charge is 0.477 e. The van der Waals surface area contributed by atoms with Crippen molar-refractivity contribution in [3.63, 3.8) is 0 Å². The van der Waals surface area contributed by atoms with Gasteiger partial charge in [-0.1, -0.05) is 29.4 Å². The molecule has 1 aromatic heterocycles. The summed E-state index contributed by atoms with van der Waals surface area (Å²) in [5.74, 6) is -1.96. The zero-order valence-electron chi connectivity index (χ0n) is 17.9. The van der Waals surface area contributed by atoms with Crippen LogP contribution in [0.25, 0.3) is 0 Å². The van der Waals surface area contributed by atoms with Crippen molar-refractivity contribution in [3.8, 4) is 0 Å². The summed E-state index contributed by atoms with van der Waals surface area (Å²) in [6.45, 7) is 0.526. The Morgan fingerprint density at radius 2 is 1.94 bits per heavy atom. The number of fused-ring (bicyclic) bond motifs is 1. The van der Waals surface area contributed by atoms with Crippen LogP contribution in [0.2, 0.25) is 0 Å². The molecule has 2 amide bonds. The maximum Gasteiger partial charge on any atom is 0.352 e. The predicted molar refractivity (Wildman–Crippen MR) is 137 cm³/mol. The minimum atomic E-state index is -1.19. The number of rotatable bonds is 8. The summed E-state index contributed by atoms with van der Waals surface area (Å²) in [5.41, 5.74) is 13.1. The molecule has 0 radical (unpaired) electrons. The Labute approximate surface area is 220 Å². The lowest BCUT2D eigenvalue weighted by Crippen LogP contribution is -2.70. The second-order valence-electron chi connectivity index (χ2n) is 7.08. The first-order valence-corrected chi connectivity index (χ1v) is 11.7. The highest BCUT2D eigenvalue weighted by atomic mass is 35.5. The number of carboxylic acids is 1. The van der Waals surface area contributed by atoms with Crippen molar-refractivity contribution >= 4 is 76.5 Å². The van der Waals surface area contributed by atoms with Crippen molar-refractivity contribution in [3.05, 3.63) is 58.2 Å². The van der Waals surface area contributed by atoms with Crippen LogP contribution >= 0.6 is 47.9 Å². The van der Waals surface area contributed by atoms with Gasteiger partial charge in [0.05, 0.1) is 0 Å². The summed E-state index contributed by atoms with van der Waals surface area (Å²) in [6.07, 6.45) is 1.47. The van der Waals surface area contributed by atoms with Gasteiger partial charge in [-0.3, -0.25) is 14.5 Å². The molecule has 2 atom stereocenters. The van der Waals surface area contributed by atoms with Gasteiger partial charge < -0.3 is 26.7 Å². The van der Waals surface area contributed by atoms with Gasteiger partial charge in [0, 0.05) is 17.7 Å². The van der Waals surface area contributed by atoms with E-state index in [9.17, 15) is 19.5 Å². The van der Waals surface area contributed by atoms with Crippen LogP contribution in [0, 0.1) is 0 Å². The fourth-order valence-electron chi connectivity index (χ4n) is 3.29. The molecule has 2 aliphatic heterocycles. The second kappa shape index (κ2) is 12.2. The molecule has 2 aliphatic rings. The normalized spacial score (nSPS) is 18.8. The van der Waals surface area contributed by atoms with Gasteiger partial charge in [-0.25, -0.2) is 9.78 Å². The Morgan fingerprint density at radius 3 is 2.54 bits per heavy atom. The smallest absolute Gasteiger partial charge is 0.352 e. The van der Waals surface area contributed by atoms with E-state index in [1.54, 1.807) is 5.38 Å². The quantitative estimate of drug-likeness (QED) is 0.211. The van der Waals surface area contributed by atoms with Crippen molar-refractivity contribution in [1.29, 1.82) is 0 Å². The van der Waals surface area contributed by atoms with Gasteiger partial charge in [0.25, 0.3) is 11.8 Å². The van der Waals surface area contributed by atoms with E-state index in [1.807, 2.05) is 24.3 Å². The molecule has 35 heavy (non-hydrogen) atoms. The summed E-state index contributed by atoms with van der Waals surface area (Å²) < 4.78 is 0. The van der Waals surface area contributed by atoms with E-state index in [-0.39, 0.29) is 53.7 Å². The molecular formula is C20H22Cl2N6O5S2. The number of amides is 2. The number of benzene rings is 1. The second-order valence-corrected chi connectivity index (χ2v) is 9.12. The average molecular weight is 561 g/mol. The standard InChI is InChI=1S/C20H20N6O5S2.2ClH/c21-7-10-1-3-11(4-2-10)8-31-25-14(12-9-33-20(22)23-12)16(27)24-15-17(28)26-13(19(29)30)5-6-32-18(15)26;;/h1-5,9,15,18H,6-8,21H2,(H2,22,23)(H,24,27)(H,29,30);2*1H/b25-14+;;. The van der Waals surface area contributed by atoms with Gasteiger partial charge in [-0.2, -0.15) is 0 Å². The minimum Gasteiger partial charge on any atom is -0.477 e. The van der Waals surface area contributed by atoms with Crippen molar-refractivity contribution in [2.45, 2.75) is 24.6 Å². The van der Waals surface area contributed by atoms with Gasteiger partial charge >= 0.3 is 5.97 Å². The number of carboxylic acid groups (broad SMARTS) is 1. The third kappa shape index (κ3) is 6.05. The number of nitrogens with zero attached hydrogens (tertiary/aromatic N) is 3. The Bertz CT molecular complexity index is 1160. The molecule has 188 valence electrons. The number of β-lactam (4-membered cyclic amide) rings is 1. The van der Waals surface area contributed by atoms with Gasteiger partial charge in [-0.15, -0.1) is 47.9 Å².